The summed E-state index contributed by atoms with van der Waals surface area (Å²) in [6.45, 7) is 6.76. The molecule has 0 saturated carbocycles. The van der Waals surface area contributed by atoms with Gasteiger partial charge in [-0.1, -0.05) is 29.3 Å². The summed E-state index contributed by atoms with van der Waals surface area (Å²) < 4.78 is 0. The van der Waals surface area contributed by atoms with E-state index in [-0.39, 0.29) is 5.54 Å². The highest BCUT2D eigenvalue weighted by Crippen LogP contribution is 2.23. The second-order valence-corrected chi connectivity index (χ2v) is 6.05. The molecule has 0 heterocycles. The summed E-state index contributed by atoms with van der Waals surface area (Å²) in [5.41, 5.74) is 1.00. The minimum Gasteiger partial charge on any atom is -0.391 e. The van der Waals surface area contributed by atoms with E-state index in [1.54, 1.807) is 12.1 Å². The summed E-state index contributed by atoms with van der Waals surface area (Å²) >= 11 is 11.7. The first-order chi connectivity index (χ1) is 7.78. The van der Waals surface area contributed by atoms with Gasteiger partial charge in [0.1, 0.15) is 0 Å². The molecular weight excluding hydrogens is 257 g/mol. The fourth-order valence-electron chi connectivity index (χ4n) is 1.43. The van der Waals surface area contributed by atoms with E-state index in [0.29, 0.717) is 23.0 Å². The maximum absolute atomic E-state index is 9.89. The van der Waals surface area contributed by atoms with Crippen molar-refractivity contribution in [3.8, 4) is 0 Å². The topological polar surface area (TPSA) is 32.3 Å². The van der Waals surface area contributed by atoms with Gasteiger partial charge in [0, 0.05) is 12.1 Å². The number of benzene rings is 1. The summed E-state index contributed by atoms with van der Waals surface area (Å²) in [5.74, 6) is 0. The van der Waals surface area contributed by atoms with Crippen LogP contribution in [0.15, 0.2) is 18.2 Å². The molecule has 2 nitrogen and oxygen atoms in total. The van der Waals surface area contributed by atoms with Crippen LogP contribution < -0.4 is 5.32 Å². The zero-order chi connectivity index (χ0) is 13.1. The molecule has 0 bridgehead atoms. The van der Waals surface area contributed by atoms with E-state index in [9.17, 15) is 5.11 Å². The molecule has 1 atom stereocenters. The van der Waals surface area contributed by atoms with Crippen molar-refractivity contribution in [3.63, 3.8) is 0 Å². The SMILES string of the molecule is CC(C)(C)NCC(O)Cc1ccc(Cl)c(Cl)c1. The first-order valence-corrected chi connectivity index (χ1v) is 6.40. The van der Waals surface area contributed by atoms with Gasteiger partial charge in [0.05, 0.1) is 16.1 Å². The molecular formula is C13H19Cl2NO. The van der Waals surface area contributed by atoms with Gasteiger partial charge in [-0.25, -0.2) is 0 Å². The molecule has 0 amide bonds. The van der Waals surface area contributed by atoms with Gasteiger partial charge in [-0.15, -0.1) is 0 Å². The van der Waals surface area contributed by atoms with Gasteiger partial charge in [0.15, 0.2) is 0 Å². The fourth-order valence-corrected chi connectivity index (χ4v) is 1.76. The monoisotopic (exact) mass is 275 g/mol. The maximum Gasteiger partial charge on any atom is 0.0705 e. The van der Waals surface area contributed by atoms with Crippen LogP contribution in [-0.4, -0.2) is 23.3 Å². The van der Waals surface area contributed by atoms with Crippen molar-refractivity contribution in [2.24, 2.45) is 0 Å². The van der Waals surface area contributed by atoms with Crippen LogP contribution in [0.4, 0.5) is 0 Å². The van der Waals surface area contributed by atoms with Gasteiger partial charge in [-0.3, -0.25) is 0 Å². The Balaban J connectivity index is 2.50. The Hall–Kier alpha value is -0.280. The zero-order valence-corrected chi connectivity index (χ0v) is 11.9. The van der Waals surface area contributed by atoms with Crippen LogP contribution in [0.3, 0.4) is 0 Å². The second kappa shape index (κ2) is 6.05. The summed E-state index contributed by atoms with van der Waals surface area (Å²) in [5, 5.41) is 14.2. The average Bonchev–Trinajstić information content (AvgIpc) is 2.20. The number of β-amino-alcohol motifs (C(OH)–C–C–N with tert-alkyl or cyclic N) is 1. The molecule has 1 aromatic rings. The summed E-state index contributed by atoms with van der Waals surface area (Å²) in [6, 6.07) is 5.43. The van der Waals surface area contributed by atoms with Crippen molar-refractivity contribution in [3.05, 3.63) is 33.8 Å². The van der Waals surface area contributed by atoms with Crippen molar-refractivity contribution < 1.29 is 5.11 Å². The molecule has 0 spiro atoms. The van der Waals surface area contributed by atoms with Gasteiger partial charge < -0.3 is 10.4 Å². The van der Waals surface area contributed by atoms with Gasteiger partial charge in [0.25, 0.3) is 0 Å². The molecule has 96 valence electrons. The first-order valence-electron chi connectivity index (χ1n) is 5.65. The molecule has 2 N–H and O–H groups in total. The van der Waals surface area contributed by atoms with E-state index in [4.69, 9.17) is 23.2 Å². The van der Waals surface area contributed by atoms with Crippen molar-refractivity contribution in [1.82, 2.24) is 5.32 Å². The normalized spacial score (nSPS) is 13.8. The lowest BCUT2D eigenvalue weighted by molar-refractivity contribution is 0.161. The number of hydrogen-bond donors (Lipinski definition) is 2. The van der Waals surface area contributed by atoms with E-state index < -0.39 is 6.10 Å². The first kappa shape index (κ1) is 14.8. The molecule has 1 aromatic carbocycles. The molecule has 0 aliphatic rings. The number of aliphatic hydroxyl groups is 1. The molecule has 0 aliphatic heterocycles. The van der Waals surface area contributed by atoms with Crippen LogP contribution in [-0.2, 0) is 6.42 Å². The largest absolute Gasteiger partial charge is 0.391 e. The Morgan fingerprint density at radius 2 is 1.88 bits per heavy atom. The summed E-state index contributed by atoms with van der Waals surface area (Å²) in [7, 11) is 0. The number of nitrogens with one attached hydrogen (secondary N) is 1. The Morgan fingerprint density at radius 3 is 2.41 bits per heavy atom. The molecule has 1 rings (SSSR count). The molecule has 0 fully saturated rings. The minimum atomic E-state index is -0.425. The molecule has 1 unspecified atom stereocenters. The van der Waals surface area contributed by atoms with Crippen LogP contribution in [0, 0.1) is 0 Å². The highest BCUT2D eigenvalue weighted by molar-refractivity contribution is 6.42. The maximum atomic E-state index is 9.89. The highest BCUT2D eigenvalue weighted by Gasteiger charge is 2.12. The quantitative estimate of drug-likeness (QED) is 0.884. The molecule has 0 saturated heterocycles. The number of rotatable bonds is 4. The fraction of sp³-hybridized carbons (Fsp3) is 0.538. The summed E-state index contributed by atoms with van der Waals surface area (Å²) in [6.07, 6.45) is 0.145. The average molecular weight is 276 g/mol. The highest BCUT2D eigenvalue weighted by atomic mass is 35.5. The van der Waals surface area contributed by atoms with Crippen molar-refractivity contribution in [2.45, 2.75) is 38.8 Å². The third-order valence-electron chi connectivity index (χ3n) is 2.32. The molecule has 0 aliphatic carbocycles. The van der Waals surface area contributed by atoms with Gasteiger partial charge in [0.2, 0.25) is 0 Å². The second-order valence-electron chi connectivity index (χ2n) is 5.24. The zero-order valence-electron chi connectivity index (χ0n) is 10.4. The molecule has 17 heavy (non-hydrogen) atoms. The Morgan fingerprint density at radius 1 is 1.24 bits per heavy atom. The standard InChI is InChI=1S/C13H19Cl2NO/c1-13(2,3)16-8-10(17)6-9-4-5-11(14)12(15)7-9/h4-5,7,10,16-17H,6,8H2,1-3H3. The summed E-state index contributed by atoms with van der Waals surface area (Å²) in [4.78, 5) is 0. The Kier molecular flexibility index (Phi) is 5.26. The van der Waals surface area contributed by atoms with E-state index in [1.807, 2.05) is 6.07 Å². The third kappa shape index (κ3) is 5.73. The van der Waals surface area contributed by atoms with E-state index in [0.717, 1.165) is 5.56 Å². The number of aliphatic hydroxyl groups excluding tert-OH is 1. The predicted molar refractivity (Wildman–Crippen MR) is 73.9 cm³/mol. The number of hydrogen-bond acceptors (Lipinski definition) is 2. The van der Waals surface area contributed by atoms with Crippen LogP contribution in [0.5, 0.6) is 0 Å². The van der Waals surface area contributed by atoms with Crippen molar-refractivity contribution in [1.29, 1.82) is 0 Å². The van der Waals surface area contributed by atoms with Crippen LogP contribution in [0.2, 0.25) is 10.0 Å². The van der Waals surface area contributed by atoms with Gasteiger partial charge in [-0.05, 0) is 44.9 Å². The molecule has 0 radical (unpaired) electrons. The van der Waals surface area contributed by atoms with Crippen molar-refractivity contribution >= 4 is 23.2 Å². The minimum absolute atomic E-state index is 0.0125. The van der Waals surface area contributed by atoms with Crippen LogP contribution >= 0.6 is 23.2 Å². The van der Waals surface area contributed by atoms with Gasteiger partial charge in [-0.2, -0.15) is 0 Å². The van der Waals surface area contributed by atoms with E-state index in [2.05, 4.69) is 26.1 Å². The molecule has 0 aromatic heterocycles. The smallest absolute Gasteiger partial charge is 0.0705 e. The van der Waals surface area contributed by atoms with E-state index in [1.165, 1.54) is 0 Å². The lowest BCUT2D eigenvalue weighted by Gasteiger charge is -2.23. The third-order valence-corrected chi connectivity index (χ3v) is 3.06. The lowest BCUT2D eigenvalue weighted by atomic mass is 10.1. The molecule has 4 heteroatoms. The van der Waals surface area contributed by atoms with Gasteiger partial charge >= 0.3 is 0 Å². The van der Waals surface area contributed by atoms with Crippen LogP contribution in [0.1, 0.15) is 26.3 Å². The van der Waals surface area contributed by atoms with Crippen molar-refractivity contribution in [2.75, 3.05) is 6.54 Å². The van der Waals surface area contributed by atoms with Crippen LogP contribution in [0.25, 0.3) is 0 Å². The predicted octanol–water partition coefficient (Wildman–Crippen LogP) is 3.28. The lowest BCUT2D eigenvalue weighted by Crippen LogP contribution is -2.41. The van der Waals surface area contributed by atoms with E-state index >= 15 is 0 Å². The Bertz CT molecular complexity index is 374. The Labute approximate surface area is 113 Å². The number of halogens is 2.